The molecule has 2 unspecified atom stereocenters. The summed E-state index contributed by atoms with van der Waals surface area (Å²) in [7, 11) is -1.23. The maximum absolute atomic E-state index is 15.0. The molecule has 0 radical (unpaired) electrons. The molecular weight excluding hydrogens is 431 g/mol. The molecule has 2 fully saturated rings. The van der Waals surface area contributed by atoms with Gasteiger partial charge in [0.2, 0.25) is 5.95 Å². The van der Waals surface area contributed by atoms with Crippen LogP contribution in [0.2, 0.25) is 5.02 Å². The van der Waals surface area contributed by atoms with E-state index in [9.17, 15) is 13.7 Å². The Kier molecular flexibility index (Phi) is 5.11. The van der Waals surface area contributed by atoms with Gasteiger partial charge >= 0.3 is 0 Å². The Labute approximate surface area is 181 Å². The second-order valence-corrected chi connectivity index (χ2v) is 9.94. The lowest BCUT2D eigenvalue weighted by Gasteiger charge is -2.47. The third kappa shape index (κ3) is 3.25. The third-order valence-corrected chi connectivity index (χ3v) is 7.88. The zero-order chi connectivity index (χ0) is 20.9. The molecule has 3 aliphatic rings. The number of halogens is 2. The molecule has 160 valence electrons. The molecule has 11 heteroatoms. The van der Waals surface area contributed by atoms with Crippen LogP contribution in [0.5, 0.6) is 0 Å². The minimum absolute atomic E-state index is 0.00200. The van der Waals surface area contributed by atoms with Crippen molar-refractivity contribution in [2.75, 3.05) is 35.4 Å². The number of anilines is 2. The van der Waals surface area contributed by atoms with Crippen molar-refractivity contribution in [3.8, 4) is 0 Å². The molecule has 2 aliphatic heterocycles. The van der Waals surface area contributed by atoms with Crippen molar-refractivity contribution in [3.63, 3.8) is 0 Å². The topological polar surface area (TPSA) is 95.3 Å². The quantitative estimate of drug-likeness (QED) is 0.753. The van der Waals surface area contributed by atoms with Crippen molar-refractivity contribution in [3.05, 3.63) is 29.4 Å². The van der Waals surface area contributed by atoms with Crippen LogP contribution < -0.4 is 9.80 Å². The molecule has 0 spiro atoms. The van der Waals surface area contributed by atoms with Gasteiger partial charge in [-0.05, 0) is 25.7 Å². The number of nitrogens with zero attached hydrogens (tertiary/aromatic N) is 6. The summed E-state index contributed by atoms with van der Waals surface area (Å²) in [6, 6.07) is 0. The maximum atomic E-state index is 15.0. The van der Waals surface area contributed by atoms with E-state index in [0.29, 0.717) is 46.4 Å². The molecule has 2 aromatic rings. The first kappa shape index (κ1) is 20.0. The lowest BCUT2D eigenvalue weighted by Crippen LogP contribution is -2.56. The zero-order valence-electron chi connectivity index (χ0n) is 16.2. The average molecular weight is 453 g/mol. The van der Waals surface area contributed by atoms with Crippen molar-refractivity contribution in [2.24, 2.45) is 0 Å². The first-order valence-corrected chi connectivity index (χ1v) is 11.7. The first-order chi connectivity index (χ1) is 14.5. The van der Waals surface area contributed by atoms with Gasteiger partial charge in [-0.2, -0.15) is 4.98 Å². The molecule has 5 rings (SSSR count). The van der Waals surface area contributed by atoms with Gasteiger partial charge in [0.25, 0.3) is 0 Å². The van der Waals surface area contributed by atoms with Crippen molar-refractivity contribution in [1.29, 1.82) is 0 Å². The lowest BCUT2D eigenvalue weighted by molar-refractivity contribution is 0.119. The zero-order valence-corrected chi connectivity index (χ0v) is 17.8. The number of aromatic nitrogens is 4. The monoisotopic (exact) mass is 452 g/mol. The Morgan fingerprint density at radius 1 is 1.27 bits per heavy atom. The number of hydrogen-bond acceptors (Lipinski definition) is 8. The second kappa shape index (κ2) is 7.65. The highest BCUT2D eigenvalue weighted by molar-refractivity contribution is 7.85. The molecule has 1 aliphatic carbocycles. The molecule has 1 saturated heterocycles. The van der Waals surface area contributed by atoms with Gasteiger partial charge in [0, 0.05) is 18.9 Å². The Hall–Kier alpha value is -1.91. The molecule has 0 bridgehead atoms. The lowest BCUT2D eigenvalue weighted by atomic mass is 9.76. The van der Waals surface area contributed by atoms with Gasteiger partial charge in [0.05, 0.1) is 46.6 Å². The molecule has 3 atom stereocenters. The summed E-state index contributed by atoms with van der Waals surface area (Å²) in [5, 5.41) is 10.4. The Balaban J connectivity index is 1.37. The SMILES string of the molecule is O=[S@]1CN(C2(CO)CCC2)c2nc(N3CCC(c4ncc(Cl)cn4)C(F)C3)ncc21. The predicted molar refractivity (Wildman–Crippen MR) is 111 cm³/mol. The minimum Gasteiger partial charge on any atom is -0.394 e. The fraction of sp³-hybridized carbons (Fsp3) is 0.579. The van der Waals surface area contributed by atoms with Crippen molar-refractivity contribution in [2.45, 2.75) is 48.2 Å². The van der Waals surface area contributed by atoms with Gasteiger partial charge in [0.1, 0.15) is 22.8 Å². The Bertz CT molecular complexity index is 970. The van der Waals surface area contributed by atoms with Crippen LogP contribution in [0.3, 0.4) is 0 Å². The highest BCUT2D eigenvalue weighted by Crippen LogP contribution is 2.44. The fourth-order valence-electron chi connectivity index (χ4n) is 4.46. The molecule has 1 N–H and O–H groups in total. The van der Waals surface area contributed by atoms with Gasteiger partial charge < -0.3 is 14.9 Å². The number of fused-ring (bicyclic) bond motifs is 1. The van der Waals surface area contributed by atoms with E-state index in [2.05, 4.69) is 19.9 Å². The van der Waals surface area contributed by atoms with E-state index in [4.69, 9.17) is 11.6 Å². The van der Waals surface area contributed by atoms with Gasteiger partial charge in [-0.15, -0.1) is 0 Å². The van der Waals surface area contributed by atoms with E-state index in [1.54, 1.807) is 6.20 Å². The highest BCUT2D eigenvalue weighted by Gasteiger charge is 2.47. The van der Waals surface area contributed by atoms with Gasteiger partial charge in [-0.1, -0.05) is 11.6 Å². The summed E-state index contributed by atoms with van der Waals surface area (Å²) in [4.78, 5) is 21.7. The normalized spacial score (nSPS) is 27.6. The standard InChI is InChI=1S/C19H22ClFN6O2S/c20-12-6-22-16(23-7-12)13-2-5-26(9-14(13)21)18-24-8-15-17(25-18)27(11-30(15)29)19(10-28)3-1-4-19/h6-8,13-14,28H,1-5,9-11H2/t13?,14?,30-/m0/s1. The molecule has 8 nitrogen and oxygen atoms in total. The van der Waals surface area contributed by atoms with E-state index < -0.39 is 28.4 Å². The van der Waals surface area contributed by atoms with Crippen LogP contribution in [0.1, 0.15) is 37.4 Å². The summed E-state index contributed by atoms with van der Waals surface area (Å²) < 4.78 is 27.5. The maximum Gasteiger partial charge on any atom is 0.227 e. The largest absolute Gasteiger partial charge is 0.394 e. The van der Waals surface area contributed by atoms with Crippen LogP contribution >= 0.6 is 11.6 Å². The van der Waals surface area contributed by atoms with Crippen LogP contribution in [0.15, 0.2) is 23.5 Å². The predicted octanol–water partition coefficient (Wildman–Crippen LogP) is 2.05. The van der Waals surface area contributed by atoms with Crippen molar-refractivity contribution >= 4 is 34.2 Å². The van der Waals surface area contributed by atoms with Gasteiger partial charge in [-0.3, -0.25) is 4.21 Å². The number of rotatable bonds is 4. The first-order valence-electron chi connectivity index (χ1n) is 10.0. The van der Waals surface area contributed by atoms with Crippen LogP contribution in [0.4, 0.5) is 16.2 Å². The van der Waals surface area contributed by atoms with E-state index in [1.807, 2.05) is 9.80 Å². The van der Waals surface area contributed by atoms with Crippen LogP contribution in [0, 0.1) is 0 Å². The van der Waals surface area contributed by atoms with Crippen LogP contribution in [-0.2, 0) is 10.8 Å². The Morgan fingerprint density at radius 3 is 2.67 bits per heavy atom. The fourth-order valence-corrected chi connectivity index (χ4v) is 5.86. The molecular formula is C19H22ClFN6O2S. The van der Waals surface area contributed by atoms with Gasteiger partial charge in [-0.25, -0.2) is 19.3 Å². The number of hydrogen-bond donors (Lipinski definition) is 1. The van der Waals surface area contributed by atoms with E-state index >= 15 is 0 Å². The van der Waals surface area contributed by atoms with Crippen molar-refractivity contribution < 1.29 is 13.7 Å². The third-order valence-electron chi connectivity index (χ3n) is 6.42. The smallest absolute Gasteiger partial charge is 0.227 e. The molecule has 4 heterocycles. The van der Waals surface area contributed by atoms with E-state index in [-0.39, 0.29) is 13.2 Å². The molecule has 30 heavy (non-hydrogen) atoms. The van der Waals surface area contributed by atoms with E-state index in [1.165, 1.54) is 12.4 Å². The van der Waals surface area contributed by atoms with Gasteiger partial charge in [0.15, 0.2) is 5.82 Å². The summed E-state index contributed by atoms with van der Waals surface area (Å²) in [5.74, 6) is 1.40. The minimum atomic E-state index is -1.23. The second-order valence-electron chi connectivity index (χ2n) is 8.11. The number of aliphatic hydroxyl groups is 1. The Morgan fingerprint density at radius 2 is 2.03 bits per heavy atom. The summed E-state index contributed by atoms with van der Waals surface area (Å²) >= 11 is 5.83. The molecule has 2 aromatic heterocycles. The number of alkyl halides is 1. The van der Waals surface area contributed by atoms with Crippen LogP contribution in [-0.4, -0.2) is 66.5 Å². The number of aliphatic hydroxyl groups excluding tert-OH is 1. The molecule has 0 amide bonds. The van der Waals surface area contributed by atoms with Crippen molar-refractivity contribution in [1.82, 2.24) is 19.9 Å². The molecule has 0 aromatic carbocycles. The highest BCUT2D eigenvalue weighted by atomic mass is 35.5. The molecule has 1 saturated carbocycles. The summed E-state index contributed by atoms with van der Waals surface area (Å²) in [6.07, 6.45) is 6.63. The summed E-state index contributed by atoms with van der Waals surface area (Å²) in [6.45, 7) is 0.690. The average Bonchev–Trinajstić information content (AvgIpc) is 3.05. The van der Waals surface area contributed by atoms with Crippen LogP contribution in [0.25, 0.3) is 0 Å². The number of piperidine rings is 1. The summed E-state index contributed by atoms with van der Waals surface area (Å²) in [5.41, 5.74) is -0.395. The van der Waals surface area contributed by atoms with E-state index in [0.717, 1.165) is 19.3 Å².